The van der Waals surface area contributed by atoms with Crippen LogP contribution in [-0.4, -0.2) is 45.6 Å². The number of rotatable bonds is 5. The minimum Gasteiger partial charge on any atom is -0.396 e. The zero-order valence-corrected chi connectivity index (χ0v) is 12.1. The number of carbonyl (C=O) groups excluding carboxylic acids is 1. The Morgan fingerprint density at radius 3 is 2.58 bits per heavy atom. The molecule has 6 nitrogen and oxygen atoms in total. The highest BCUT2D eigenvalue weighted by atomic mass is 32.2. The van der Waals surface area contributed by atoms with Crippen molar-refractivity contribution in [2.24, 2.45) is 0 Å². The fourth-order valence-electron chi connectivity index (χ4n) is 1.50. The quantitative estimate of drug-likeness (QED) is 0.771. The predicted octanol–water partition coefficient (Wildman–Crippen LogP) is 0.563. The summed E-state index contributed by atoms with van der Waals surface area (Å²) < 4.78 is 23.0. The molecule has 106 valence electrons. The summed E-state index contributed by atoms with van der Waals surface area (Å²) in [4.78, 5) is 13.3. The molecule has 0 saturated heterocycles. The maximum Gasteiger partial charge on any atom is 0.241 e. The van der Waals surface area contributed by atoms with Gasteiger partial charge in [-0.25, -0.2) is 8.42 Å². The van der Waals surface area contributed by atoms with E-state index in [0.29, 0.717) is 12.2 Å². The molecule has 0 aliphatic heterocycles. The van der Waals surface area contributed by atoms with Gasteiger partial charge in [-0.05, 0) is 19.1 Å². The van der Waals surface area contributed by atoms with Crippen molar-refractivity contribution in [3.8, 4) is 0 Å². The number of hydrogen-bond donors (Lipinski definition) is 2. The highest BCUT2D eigenvalue weighted by Gasteiger charge is 2.14. The van der Waals surface area contributed by atoms with Gasteiger partial charge in [0.2, 0.25) is 5.91 Å². The fourth-order valence-corrected chi connectivity index (χ4v) is 2.34. The van der Waals surface area contributed by atoms with Gasteiger partial charge in [0.05, 0.1) is 22.8 Å². The maximum atomic E-state index is 11.6. The Kier molecular flexibility index (Phi) is 4.77. The summed E-state index contributed by atoms with van der Waals surface area (Å²) in [5, 5.41) is 2.86. The summed E-state index contributed by atoms with van der Waals surface area (Å²) >= 11 is 0. The second-order valence-electron chi connectivity index (χ2n) is 4.25. The van der Waals surface area contributed by atoms with Crippen LogP contribution < -0.4 is 11.1 Å². The third-order valence-corrected chi connectivity index (χ3v) is 3.95. The van der Waals surface area contributed by atoms with E-state index in [0.717, 1.165) is 6.26 Å². The van der Waals surface area contributed by atoms with Gasteiger partial charge in [-0.2, -0.15) is 0 Å². The number of nitrogens with zero attached hydrogens (tertiary/aromatic N) is 1. The number of likely N-dealkylation sites (N-methyl/N-ethyl adjacent to an activating group) is 1. The molecule has 19 heavy (non-hydrogen) atoms. The molecule has 0 spiro atoms. The SMILES string of the molecule is CCN(C)C(=O)CNc1cccc(S(C)(=O)=O)c1N. The molecule has 0 bridgehead atoms. The van der Waals surface area contributed by atoms with E-state index >= 15 is 0 Å². The van der Waals surface area contributed by atoms with Crippen molar-refractivity contribution in [1.29, 1.82) is 0 Å². The zero-order valence-electron chi connectivity index (χ0n) is 11.3. The number of carbonyl (C=O) groups is 1. The molecule has 3 N–H and O–H groups in total. The molecule has 1 aromatic rings. The normalized spacial score (nSPS) is 11.1. The number of hydrogen-bond acceptors (Lipinski definition) is 5. The highest BCUT2D eigenvalue weighted by molar-refractivity contribution is 7.90. The Morgan fingerprint density at radius 1 is 1.42 bits per heavy atom. The van der Waals surface area contributed by atoms with Gasteiger partial charge in [0.25, 0.3) is 0 Å². The lowest BCUT2D eigenvalue weighted by Gasteiger charge is -2.16. The fraction of sp³-hybridized carbons (Fsp3) is 0.417. The van der Waals surface area contributed by atoms with E-state index in [1.165, 1.54) is 6.07 Å². The van der Waals surface area contributed by atoms with Crippen LogP contribution in [0.4, 0.5) is 11.4 Å². The van der Waals surface area contributed by atoms with Gasteiger partial charge >= 0.3 is 0 Å². The van der Waals surface area contributed by atoms with Crippen LogP contribution in [0.3, 0.4) is 0 Å². The van der Waals surface area contributed by atoms with Crippen molar-refractivity contribution in [3.63, 3.8) is 0 Å². The van der Waals surface area contributed by atoms with Gasteiger partial charge in [-0.1, -0.05) is 6.07 Å². The average Bonchev–Trinajstić information content (AvgIpc) is 2.34. The first-order valence-electron chi connectivity index (χ1n) is 5.83. The molecule has 0 radical (unpaired) electrons. The number of amides is 1. The van der Waals surface area contributed by atoms with Crippen LogP contribution in [0.2, 0.25) is 0 Å². The van der Waals surface area contributed by atoms with Crippen LogP contribution in [0, 0.1) is 0 Å². The third kappa shape index (κ3) is 3.85. The predicted molar refractivity (Wildman–Crippen MR) is 75.8 cm³/mol. The van der Waals surface area contributed by atoms with Crippen LogP contribution in [0.1, 0.15) is 6.92 Å². The van der Waals surface area contributed by atoms with Crippen molar-refractivity contribution < 1.29 is 13.2 Å². The molecule has 0 aliphatic carbocycles. The summed E-state index contributed by atoms with van der Waals surface area (Å²) in [5.74, 6) is -0.0911. The Morgan fingerprint density at radius 2 is 2.05 bits per heavy atom. The molecular weight excluding hydrogens is 266 g/mol. The molecule has 0 fully saturated rings. The van der Waals surface area contributed by atoms with Crippen LogP contribution in [0.15, 0.2) is 23.1 Å². The van der Waals surface area contributed by atoms with Gasteiger partial charge in [0.1, 0.15) is 0 Å². The minimum atomic E-state index is -3.38. The van der Waals surface area contributed by atoms with Crippen molar-refractivity contribution in [2.45, 2.75) is 11.8 Å². The minimum absolute atomic E-state index is 0.0637. The monoisotopic (exact) mass is 285 g/mol. The van der Waals surface area contributed by atoms with Crippen molar-refractivity contribution in [3.05, 3.63) is 18.2 Å². The Labute approximate surface area is 113 Å². The maximum absolute atomic E-state index is 11.6. The van der Waals surface area contributed by atoms with Crippen LogP contribution in [0.25, 0.3) is 0 Å². The zero-order chi connectivity index (χ0) is 14.6. The number of nitrogen functional groups attached to an aromatic ring is 1. The molecule has 0 aliphatic rings. The van der Waals surface area contributed by atoms with E-state index < -0.39 is 9.84 Å². The molecule has 0 aromatic heterocycles. The summed E-state index contributed by atoms with van der Waals surface area (Å²) in [6.45, 7) is 2.55. The van der Waals surface area contributed by atoms with E-state index in [9.17, 15) is 13.2 Å². The van der Waals surface area contributed by atoms with Gasteiger partial charge in [0.15, 0.2) is 9.84 Å². The van der Waals surface area contributed by atoms with Crippen molar-refractivity contribution in [1.82, 2.24) is 4.90 Å². The molecule has 0 saturated carbocycles. The molecule has 0 atom stereocenters. The highest BCUT2D eigenvalue weighted by Crippen LogP contribution is 2.26. The first-order chi connectivity index (χ1) is 8.77. The van der Waals surface area contributed by atoms with E-state index in [1.54, 1.807) is 24.1 Å². The Bertz CT molecular complexity index is 570. The van der Waals surface area contributed by atoms with Crippen molar-refractivity contribution >= 4 is 27.1 Å². The van der Waals surface area contributed by atoms with Gasteiger partial charge < -0.3 is 16.0 Å². The summed E-state index contributed by atoms with van der Waals surface area (Å²) in [6.07, 6.45) is 1.10. The second kappa shape index (κ2) is 5.92. The van der Waals surface area contributed by atoms with E-state index in [1.807, 2.05) is 6.92 Å². The topological polar surface area (TPSA) is 92.5 Å². The number of nitrogens with one attached hydrogen (secondary N) is 1. The smallest absolute Gasteiger partial charge is 0.241 e. The Balaban J connectivity index is 2.90. The van der Waals surface area contributed by atoms with Gasteiger partial charge in [-0.3, -0.25) is 4.79 Å². The van der Waals surface area contributed by atoms with Crippen LogP contribution >= 0.6 is 0 Å². The molecule has 0 heterocycles. The number of nitrogens with two attached hydrogens (primary N) is 1. The number of anilines is 2. The summed E-state index contributed by atoms with van der Waals surface area (Å²) in [7, 11) is -1.68. The lowest BCUT2D eigenvalue weighted by Crippen LogP contribution is -2.32. The Hall–Kier alpha value is -1.76. The van der Waals surface area contributed by atoms with Crippen LogP contribution in [-0.2, 0) is 14.6 Å². The average molecular weight is 285 g/mol. The standard InChI is InChI=1S/C12H19N3O3S/c1-4-15(2)11(16)8-14-9-6-5-7-10(12(9)13)19(3,17)18/h5-7,14H,4,8,13H2,1-3H3. The van der Waals surface area contributed by atoms with Gasteiger partial charge in [-0.15, -0.1) is 0 Å². The lowest BCUT2D eigenvalue weighted by molar-refractivity contribution is -0.127. The third-order valence-electron chi connectivity index (χ3n) is 2.80. The van der Waals surface area contributed by atoms with E-state index in [2.05, 4.69) is 5.32 Å². The molecule has 7 heteroatoms. The molecule has 1 rings (SSSR count). The van der Waals surface area contributed by atoms with E-state index in [4.69, 9.17) is 5.73 Å². The molecule has 1 aromatic carbocycles. The number of para-hydroxylation sites is 1. The lowest BCUT2D eigenvalue weighted by atomic mass is 10.2. The first kappa shape index (κ1) is 15.3. The molecule has 1 amide bonds. The molecular formula is C12H19N3O3S. The number of sulfone groups is 1. The first-order valence-corrected chi connectivity index (χ1v) is 7.73. The van der Waals surface area contributed by atoms with Gasteiger partial charge in [0, 0.05) is 19.8 Å². The second-order valence-corrected chi connectivity index (χ2v) is 6.24. The van der Waals surface area contributed by atoms with Crippen molar-refractivity contribution in [2.75, 3.05) is 37.4 Å². The summed E-state index contributed by atoms with van der Waals surface area (Å²) in [5.41, 5.74) is 6.38. The van der Waals surface area contributed by atoms with E-state index in [-0.39, 0.29) is 23.0 Å². The summed E-state index contributed by atoms with van der Waals surface area (Å²) in [6, 6.07) is 4.67. The number of benzene rings is 1. The molecule has 0 unspecified atom stereocenters. The van der Waals surface area contributed by atoms with Crippen LogP contribution in [0.5, 0.6) is 0 Å². The largest absolute Gasteiger partial charge is 0.396 e.